The maximum atomic E-state index is 14.5. The van der Waals surface area contributed by atoms with Crippen LogP contribution >= 0.6 is 0 Å². The molecule has 2 aromatic carbocycles. The minimum atomic E-state index is -0.493. The van der Waals surface area contributed by atoms with E-state index in [1.54, 1.807) is 24.3 Å². The highest BCUT2D eigenvalue weighted by atomic mass is 19.1. The van der Waals surface area contributed by atoms with E-state index in [0.29, 0.717) is 30.1 Å². The fourth-order valence-electron chi connectivity index (χ4n) is 5.80. The Hall–Kier alpha value is -4.35. The summed E-state index contributed by atoms with van der Waals surface area (Å²) in [5.41, 5.74) is 3.85. The third kappa shape index (κ3) is 6.44. The molecule has 2 aromatic heterocycles. The molecule has 230 valence electrons. The van der Waals surface area contributed by atoms with Crippen LogP contribution in [0, 0.1) is 5.82 Å². The summed E-state index contributed by atoms with van der Waals surface area (Å²) < 4.78 is 33.2. The Morgan fingerprint density at radius 3 is 2.55 bits per heavy atom. The van der Waals surface area contributed by atoms with E-state index in [9.17, 15) is 14.0 Å². The number of methoxy groups -OCH3 is 1. The van der Waals surface area contributed by atoms with E-state index >= 15 is 0 Å². The molecule has 10 nitrogen and oxygen atoms in total. The van der Waals surface area contributed by atoms with Crippen molar-refractivity contribution in [3.8, 4) is 5.88 Å². The van der Waals surface area contributed by atoms with Gasteiger partial charge in [0.05, 0.1) is 42.9 Å². The average Bonchev–Trinajstić information content (AvgIpc) is 3.37. The zero-order valence-electron chi connectivity index (χ0n) is 24.9. The number of rotatable bonds is 10. The Morgan fingerprint density at radius 2 is 1.84 bits per heavy atom. The summed E-state index contributed by atoms with van der Waals surface area (Å²) in [5, 5.41) is 2.49. The van der Waals surface area contributed by atoms with Gasteiger partial charge in [0.15, 0.2) is 0 Å². The molecule has 44 heavy (non-hydrogen) atoms. The predicted molar refractivity (Wildman–Crippen MR) is 161 cm³/mol. The number of hydrogen-bond donors (Lipinski definition) is 1. The zero-order chi connectivity index (χ0) is 30.6. The smallest absolute Gasteiger partial charge is 0.337 e. The molecule has 2 aliphatic heterocycles. The Labute approximate surface area is 255 Å². The number of aromatic nitrogens is 3. The quantitative estimate of drug-likeness (QED) is 0.266. The van der Waals surface area contributed by atoms with Crippen LogP contribution in [-0.4, -0.2) is 71.3 Å². The van der Waals surface area contributed by atoms with Crippen LogP contribution in [0.4, 0.5) is 4.39 Å². The normalized spacial score (nSPS) is 17.3. The second-order valence-electron chi connectivity index (χ2n) is 11.2. The molecule has 4 aromatic rings. The van der Waals surface area contributed by atoms with Gasteiger partial charge in [-0.15, -0.1) is 0 Å². The summed E-state index contributed by atoms with van der Waals surface area (Å²) >= 11 is 0. The van der Waals surface area contributed by atoms with Gasteiger partial charge < -0.3 is 24.1 Å². The molecule has 0 spiro atoms. The van der Waals surface area contributed by atoms with Crippen molar-refractivity contribution in [3.05, 3.63) is 88.6 Å². The summed E-state index contributed by atoms with van der Waals surface area (Å²) in [6.45, 7) is 3.96. The first-order valence-electron chi connectivity index (χ1n) is 14.9. The highest BCUT2D eigenvalue weighted by molar-refractivity contribution is 5.94. The maximum absolute atomic E-state index is 14.5. The van der Waals surface area contributed by atoms with Crippen LogP contribution in [-0.2, 0) is 29.2 Å². The fourth-order valence-corrected chi connectivity index (χ4v) is 5.80. The third-order valence-corrected chi connectivity index (χ3v) is 8.46. The molecule has 1 unspecified atom stereocenters. The van der Waals surface area contributed by atoms with Crippen molar-refractivity contribution < 1.29 is 28.2 Å². The van der Waals surface area contributed by atoms with Gasteiger partial charge in [0.25, 0.3) is 5.91 Å². The lowest BCUT2D eigenvalue weighted by Gasteiger charge is -2.32. The van der Waals surface area contributed by atoms with Crippen molar-refractivity contribution in [2.45, 2.75) is 51.0 Å². The number of hydrogen-bond acceptors (Lipinski definition) is 8. The lowest BCUT2D eigenvalue weighted by Crippen LogP contribution is -2.35. The summed E-state index contributed by atoms with van der Waals surface area (Å²) in [6, 6.07) is 15.6. The number of nitrogens with one attached hydrogen (secondary N) is 1. The van der Waals surface area contributed by atoms with Crippen LogP contribution in [0.5, 0.6) is 5.88 Å². The lowest BCUT2D eigenvalue weighted by molar-refractivity contribution is -0.0592. The van der Waals surface area contributed by atoms with Crippen LogP contribution in [0.1, 0.15) is 63.0 Å². The van der Waals surface area contributed by atoms with E-state index in [1.807, 2.05) is 24.3 Å². The number of piperidine rings is 1. The zero-order valence-corrected chi connectivity index (χ0v) is 24.9. The standard InChI is InChI=1S/C33H36FN5O5/c1-35-32(40)22-6-7-24(26(34)16-22)20-44-31-5-3-4-27(37-31)21-10-13-38(14-11-21)19-30-36-28-9-8-23(33(41)42-2)17-29(28)39(30)18-25-12-15-43-25/h3-9,16-17,21,25H,10-15,18-20H2,1-2H3,(H,35,40). The maximum Gasteiger partial charge on any atom is 0.337 e. The Balaban J connectivity index is 1.09. The number of nitrogens with zero attached hydrogens (tertiary/aromatic N) is 4. The molecule has 2 fully saturated rings. The van der Waals surface area contributed by atoms with Gasteiger partial charge in [0.2, 0.25) is 5.88 Å². The van der Waals surface area contributed by atoms with E-state index in [-0.39, 0.29) is 36.1 Å². The molecule has 2 aliphatic rings. The first-order chi connectivity index (χ1) is 21.4. The van der Waals surface area contributed by atoms with E-state index < -0.39 is 5.82 Å². The lowest BCUT2D eigenvalue weighted by atomic mass is 9.93. The topological polar surface area (TPSA) is 108 Å². The minimum absolute atomic E-state index is 0.0166. The Morgan fingerprint density at radius 1 is 1.05 bits per heavy atom. The van der Waals surface area contributed by atoms with E-state index in [4.69, 9.17) is 24.2 Å². The van der Waals surface area contributed by atoms with Crippen molar-refractivity contribution in [1.29, 1.82) is 0 Å². The number of amides is 1. The molecule has 4 heterocycles. The van der Waals surface area contributed by atoms with Gasteiger partial charge in [-0.25, -0.2) is 19.2 Å². The largest absolute Gasteiger partial charge is 0.473 e. The number of benzene rings is 2. The highest BCUT2D eigenvalue weighted by Gasteiger charge is 2.26. The van der Waals surface area contributed by atoms with Crippen LogP contribution < -0.4 is 10.1 Å². The molecule has 0 bridgehead atoms. The van der Waals surface area contributed by atoms with E-state index in [1.165, 1.54) is 20.2 Å². The fraction of sp³-hybridized carbons (Fsp3) is 0.394. The first kappa shape index (κ1) is 29.7. The van der Waals surface area contributed by atoms with Crippen molar-refractivity contribution in [2.75, 3.05) is 33.9 Å². The summed E-state index contributed by atoms with van der Waals surface area (Å²) in [4.78, 5) is 36.0. The van der Waals surface area contributed by atoms with Crippen LogP contribution in [0.25, 0.3) is 11.0 Å². The number of esters is 1. The average molecular weight is 602 g/mol. The van der Waals surface area contributed by atoms with Gasteiger partial charge >= 0.3 is 5.97 Å². The van der Waals surface area contributed by atoms with Crippen molar-refractivity contribution in [2.24, 2.45) is 0 Å². The molecule has 2 saturated heterocycles. The molecular weight excluding hydrogens is 565 g/mol. The first-order valence-corrected chi connectivity index (χ1v) is 14.9. The number of fused-ring (bicyclic) bond motifs is 1. The van der Waals surface area contributed by atoms with Gasteiger partial charge in [0, 0.05) is 42.5 Å². The number of ether oxygens (including phenoxy) is 3. The van der Waals surface area contributed by atoms with Crippen LogP contribution in [0.15, 0.2) is 54.6 Å². The SMILES string of the molecule is CNC(=O)c1ccc(COc2cccc(C3CCN(Cc4nc5ccc(C(=O)OC)cc5n4CC4CCO4)CC3)n2)c(F)c1. The monoisotopic (exact) mass is 601 g/mol. The number of pyridine rings is 1. The Kier molecular flexibility index (Phi) is 8.85. The van der Waals surface area contributed by atoms with E-state index in [2.05, 4.69) is 14.8 Å². The number of halogens is 1. The minimum Gasteiger partial charge on any atom is -0.473 e. The van der Waals surface area contributed by atoms with Crippen LogP contribution in [0.2, 0.25) is 0 Å². The van der Waals surface area contributed by atoms with E-state index in [0.717, 1.165) is 61.5 Å². The Bertz CT molecular complexity index is 1660. The van der Waals surface area contributed by atoms with Gasteiger partial charge in [-0.1, -0.05) is 12.1 Å². The van der Waals surface area contributed by atoms with Crippen molar-refractivity contribution in [3.63, 3.8) is 0 Å². The summed E-state index contributed by atoms with van der Waals surface area (Å²) in [5.74, 6) is 0.483. The van der Waals surface area contributed by atoms with Gasteiger partial charge in [0.1, 0.15) is 18.2 Å². The number of carbonyl (C=O) groups excluding carboxylic acids is 2. The summed E-state index contributed by atoms with van der Waals surface area (Å²) in [7, 11) is 2.89. The third-order valence-electron chi connectivity index (χ3n) is 8.46. The number of imidazole rings is 1. The number of likely N-dealkylation sites (tertiary alicyclic amines) is 1. The molecule has 1 amide bonds. The predicted octanol–water partition coefficient (Wildman–Crippen LogP) is 4.46. The highest BCUT2D eigenvalue weighted by Crippen LogP contribution is 2.30. The molecule has 0 radical (unpaired) electrons. The van der Waals surface area contributed by atoms with Crippen molar-refractivity contribution in [1.82, 2.24) is 24.8 Å². The van der Waals surface area contributed by atoms with Crippen molar-refractivity contribution >= 4 is 22.9 Å². The molecule has 0 aliphatic carbocycles. The second kappa shape index (κ2) is 13.1. The van der Waals surface area contributed by atoms with Gasteiger partial charge in [-0.3, -0.25) is 9.69 Å². The molecule has 1 N–H and O–H groups in total. The summed E-state index contributed by atoms with van der Waals surface area (Å²) in [6.07, 6.45) is 3.03. The second-order valence-corrected chi connectivity index (χ2v) is 11.2. The van der Waals surface area contributed by atoms with Crippen LogP contribution in [0.3, 0.4) is 0 Å². The number of carbonyl (C=O) groups is 2. The molecule has 1 atom stereocenters. The molecular formula is C33H36FN5O5. The van der Waals surface area contributed by atoms with Gasteiger partial charge in [-0.2, -0.15) is 0 Å². The molecule has 11 heteroatoms. The molecule has 6 rings (SSSR count). The van der Waals surface area contributed by atoms with Gasteiger partial charge in [-0.05, 0) is 68.8 Å². The molecule has 0 saturated carbocycles.